The van der Waals surface area contributed by atoms with Crippen molar-refractivity contribution in [3.05, 3.63) is 71.3 Å². The predicted molar refractivity (Wildman–Crippen MR) is 145 cm³/mol. The minimum atomic E-state index is -1.77. The van der Waals surface area contributed by atoms with Crippen molar-refractivity contribution in [3.63, 3.8) is 0 Å². The van der Waals surface area contributed by atoms with Crippen molar-refractivity contribution < 1.29 is 44.1 Å². The highest BCUT2D eigenvalue weighted by molar-refractivity contribution is 6.09. The first-order chi connectivity index (χ1) is 19.8. The predicted octanol–water partition coefficient (Wildman–Crippen LogP) is -1.20. The summed E-state index contributed by atoms with van der Waals surface area (Å²) >= 11 is 0. The Bertz CT molecular complexity index is 1350. The molecular formula is C27H32N6O9. The lowest BCUT2D eigenvalue weighted by Gasteiger charge is -2.32. The second-order valence-electron chi connectivity index (χ2n) is 9.77. The molecule has 3 rings (SSSR count). The van der Waals surface area contributed by atoms with Crippen LogP contribution in [0.15, 0.2) is 54.6 Å². The standard InChI is InChI=1S/C27H32N6O9/c1-27(17-9-7-16(8-10-17)22(28)29)25(41)32(26(42)33(27)12-15-5-3-2-4-6-15)13-20(35)30-18(11-21(36)37)23(38)31-19(14-34)24(39)40/h2-10,18-19,22,34H,11-14,28-29H2,1H3,(H,30,35)(H,31,38)(H,36,37)(H,39,40)/t18-,19-,27?/m0/s1. The molecule has 0 aromatic heterocycles. The number of aliphatic carboxylic acids is 2. The van der Waals surface area contributed by atoms with Crippen LogP contribution in [0.5, 0.6) is 0 Å². The van der Waals surface area contributed by atoms with Crippen LogP contribution < -0.4 is 22.1 Å². The molecule has 1 saturated heterocycles. The number of carbonyl (C=O) groups is 6. The van der Waals surface area contributed by atoms with Crippen LogP contribution in [0.25, 0.3) is 0 Å². The van der Waals surface area contributed by atoms with Gasteiger partial charge in [-0.15, -0.1) is 0 Å². The molecule has 0 aliphatic carbocycles. The molecule has 5 amide bonds. The average molecular weight is 585 g/mol. The fourth-order valence-electron chi connectivity index (χ4n) is 4.47. The maximum Gasteiger partial charge on any atom is 0.328 e. The molecule has 15 nitrogen and oxygen atoms in total. The largest absolute Gasteiger partial charge is 0.481 e. The number of carboxylic acid groups (broad SMARTS) is 2. The number of benzene rings is 2. The molecule has 3 atom stereocenters. The Morgan fingerprint density at radius 1 is 0.929 bits per heavy atom. The summed E-state index contributed by atoms with van der Waals surface area (Å²) in [5.41, 5.74) is 11.6. The topological polar surface area (TPSA) is 246 Å². The molecule has 42 heavy (non-hydrogen) atoms. The zero-order valence-electron chi connectivity index (χ0n) is 22.6. The molecule has 9 N–H and O–H groups in total. The van der Waals surface area contributed by atoms with Crippen LogP contribution in [0.1, 0.15) is 36.2 Å². The van der Waals surface area contributed by atoms with Crippen LogP contribution in [-0.4, -0.2) is 86.0 Å². The maximum atomic E-state index is 13.8. The van der Waals surface area contributed by atoms with E-state index in [2.05, 4.69) is 5.32 Å². The molecule has 1 unspecified atom stereocenters. The number of carboxylic acids is 2. The van der Waals surface area contributed by atoms with Crippen molar-refractivity contribution >= 4 is 35.7 Å². The summed E-state index contributed by atoms with van der Waals surface area (Å²) in [6.45, 7) is -0.331. The van der Waals surface area contributed by atoms with Crippen molar-refractivity contribution in [2.45, 2.75) is 43.7 Å². The Morgan fingerprint density at radius 2 is 1.55 bits per heavy atom. The molecule has 2 aromatic carbocycles. The third-order valence-corrected chi connectivity index (χ3v) is 6.83. The lowest BCUT2D eigenvalue weighted by Crippen LogP contribution is -2.55. The zero-order chi connectivity index (χ0) is 31.2. The number of aliphatic hydroxyl groups excluding tert-OH is 1. The van der Waals surface area contributed by atoms with Gasteiger partial charge < -0.3 is 42.3 Å². The first-order valence-corrected chi connectivity index (χ1v) is 12.7. The maximum absolute atomic E-state index is 13.8. The van der Waals surface area contributed by atoms with E-state index in [4.69, 9.17) is 21.7 Å². The van der Waals surface area contributed by atoms with Crippen molar-refractivity contribution in [2.24, 2.45) is 11.5 Å². The number of hydrogen-bond acceptors (Lipinski definition) is 9. The lowest BCUT2D eigenvalue weighted by molar-refractivity contribution is -0.144. The second-order valence-corrected chi connectivity index (χ2v) is 9.77. The zero-order valence-corrected chi connectivity index (χ0v) is 22.6. The van der Waals surface area contributed by atoms with Gasteiger partial charge in [0, 0.05) is 6.54 Å². The minimum absolute atomic E-state index is 0.0000315. The summed E-state index contributed by atoms with van der Waals surface area (Å²) in [5.74, 6) is -6.09. The van der Waals surface area contributed by atoms with Gasteiger partial charge in [-0.1, -0.05) is 54.6 Å². The second kappa shape index (κ2) is 13.2. The fraction of sp³-hybridized carbons (Fsp3) is 0.333. The van der Waals surface area contributed by atoms with E-state index < -0.39 is 79.1 Å². The molecule has 1 fully saturated rings. The highest BCUT2D eigenvalue weighted by atomic mass is 16.4. The van der Waals surface area contributed by atoms with Crippen LogP contribution in [0.4, 0.5) is 4.79 Å². The van der Waals surface area contributed by atoms with E-state index in [-0.39, 0.29) is 6.54 Å². The Balaban J connectivity index is 1.89. The molecule has 0 radical (unpaired) electrons. The van der Waals surface area contributed by atoms with E-state index in [0.29, 0.717) is 21.6 Å². The Kier molecular flexibility index (Phi) is 9.95. The van der Waals surface area contributed by atoms with Crippen LogP contribution in [0, 0.1) is 0 Å². The minimum Gasteiger partial charge on any atom is -0.481 e. The van der Waals surface area contributed by atoms with Gasteiger partial charge in [-0.3, -0.25) is 24.1 Å². The summed E-state index contributed by atoms with van der Waals surface area (Å²) in [6.07, 6.45) is -1.71. The molecule has 0 saturated carbocycles. The van der Waals surface area contributed by atoms with Crippen LogP contribution in [0.3, 0.4) is 0 Å². The Hall–Kier alpha value is -4.86. The molecule has 224 valence electrons. The molecule has 0 spiro atoms. The van der Waals surface area contributed by atoms with Crippen LogP contribution in [-0.2, 0) is 36.1 Å². The summed E-state index contributed by atoms with van der Waals surface area (Å²) in [6, 6.07) is 10.9. The van der Waals surface area contributed by atoms with Gasteiger partial charge in [0.15, 0.2) is 0 Å². The van der Waals surface area contributed by atoms with Gasteiger partial charge in [-0.25, -0.2) is 9.59 Å². The SMILES string of the molecule is CC1(c2ccc(C(N)N)cc2)C(=O)N(CC(=O)N[C@@H](CC(=O)O)C(=O)N[C@@H](CO)C(=O)O)C(=O)N1Cc1ccccc1. The number of nitrogens with one attached hydrogen (secondary N) is 2. The average Bonchev–Trinajstić information content (AvgIpc) is 3.12. The highest BCUT2D eigenvalue weighted by Crippen LogP contribution is 2.38. The van der Waals surface area contributed by atoms with E-state index >= 15 is 0 Å². The van der Waals surface area contributed by atoms with Gasteiger partial charge in [0.05, 0.1) is 19.2 Å². The summed E-state index contributed by atoms with van der Waals surface area (Å²) in [4.78, 5) is 77.4. The number of nitrogens with two attached hydrogens (primary N) is 2. The van der Waals surface area contributed by atoms with Crippen LogP contribution in [0.2, 0.25) is 0 Å². The Morgan fingerprint density at radius 3 is 2.07 bits per heavy atom. The quantitative estimate of drug-likeness (QED) is 0.109. The highest BCUT2D eigenvalue weighted by Gasteiger charge is 2.55. The van der Waals surface area contributed by atoms with Gasteiger partial charge in [0.25, 0.3) is 5.91 Å². The molecule has 2 aromatic rings. The van der Waals surface area contributed by atoms with Gasteiger partial charge in [-0.2, -0.15) is 0 Å². The molecule has 0 bridgehead atoms. The number of amides is 5. The van der Waals surface area contributed by atoms with Crippen molar-refractivity contribution in [3.8, 4) is 0 Å². The number of rotatable bonds is 13. The first kappa shape index (κ1) is 31.7. The number of imide groups is 1. The van der Waals surface area contributed by atoms with Gasteiger partial charge >= 0.3 is 18.0 Å². The molecule has 1 heterocycles. The first-order valence-electron chi connectivity index (χ1n) is 12.7. The third kappa shape index (κ3) is 6.88. The normalized spacial score (nSPS) is 18.1. The summed E-state index contributed by atoms with van der Waals surface area (Å²) in [5, 5.41) is 31.5. The van der Waals surface area contributed by atoms with E-state index in [1.807, 2.05) is 5.32 Å². The van der Waals surface area contributed by atoms with E-state index in [0.717, 1.165) is 0 Å². The fourth-order valence-corrected chi connectivity index (χ4v) is 4.47. The van der Waals surface area contributed by atoms with Crippen molar-refractivity contribution in [2.75, 3.05) is 13.2 Å². The van der Waals surface area contributed by atoms with Crippen LogP contribution >= 0.6 is 0 Å². The molecule has 1 aliphatic heterocycles. The summed E-state index contributed by atoms with van der Waals surface area (Å²) in [7, 11) is 0. The number of hydrogen-bond donors (Lipinski definition) is 7. The van der Waals surface area contributed by atoms with Gasteiger partial charge in [0.2, 0.25) is 11.8 Å². The molecule has 1 aliphatic rings. The monoisotopic (exact) mass is 584 g/mol. The van der Waals surface area contributed by atoms with Gasteiger partial charge in [0.1, 0.15) is 24.2 Å². The number of aliphatic hydroxyl groups is 1. The smallest absolute Gasteiger partial charge is 0.328 e. The number of nitrogens with zero attached hydrogens (tertiary/aromatic N) is 2. The van der Waals surface area contributed by atoms with E-state index in [1.54, 1.807) is 54.6 Å². The number of carbonyl (C=O) groups excluding carboxylic acids is 4. The Labute approximate surface area is 240 Å². The lowest BCUT2D eigenvalue weighted by atomic mass is 9.89. The van der Waals surface area contributed by atoms with Crippen molar-refractivity contribution in [1.29, 1.82) is 0 Å². The van der Waals surface area contributed by atoms with Gasteiger partial charge in [-0.05, 0) is 23.6 Å². The van der Waals surface area contributed by atoms with E-state index in [9.17, 15) is 33.9 Å². The molecular weight excluding hydrogens is 552 g/mol. The summed E-state index contributed by atoms with van der Waals surface area (Å²) < 4.78 is 0. The van der Waals surface area contributed by atoms with E-state index in [1.165, 1.54) is 11.8 Å². The third-order valence-electron chi connectivity index (χ3n) is 6.83. The van der Waals surface area contributed by atoms with Crippen molar-refractivity contribution in [1.82, 2.24) is 20.4 Å². The molecule has 15 heteroatoms. The number of urea groups is 1.